The van der Waals surface area contributed by atoms with Gasteiger partial charge < -0.3 is 5.73 Å². The third kappa shape index (κ3) is 3.03. The minimum atomic E-state index is -3.51. The van der Waals surface area contributed by atoms with E-state index in [1.807, 2.05) is 13.8 Å². The number of nitrogens with zero attached hydrogens (tertiary/aromatic N) is 2. The van der Waals surface area contributed by atoms with Crippen molar-refractivity contribution in [2.75, 3.05) is 6.54 Å². The number of hydrogen-bond acceptors (Lipinski definition) is 4. The minimum Gasteiger partial charge on any atom is -0.329 e. The van der Waals surface area contributed by atoms with Crippen LogP contribution >= 0.6 is 0 Å². The molecule has 0 bridgehead atoms. The summed E-state index contributed by atoms with van der Waals surface area (Å²) in [6.45, 7) is 4.11. The van der Waals surface area contributed by atoms with Gasteiger partial charge in [-0.25, -0.2) is 13.1 Å². The first-order valence-electron chi connectivity index (χ1n) is 5.08. The van der Waals surface area contributed by atoms with Crippen molar-refractivity contribution in [1.82, 2.24) is 14.5 Å². The lowest BCUT2D eigenvalue weighted by Gasteiger charge is -2.19. The SMILES string of the molecule is CC(C)C(CN)NS(=O)(=O)c1cnn(C)c1. The third-order valence-corrected chi connectivity index (χ3v) is 3.80. The second kappa shape index (κ2) is 4.94. The normalized spacial score (nSPS) is 14.3. The molecule has 6 nitrogen and oxygen atoms in total. The van der Waals surface area contributed by atoms with Crippen molar-refractivity contribution in [3.05, 3.63) is 12.4 Å². The summed E-state index contributed by atoms with van der Waals surface area (Å²) in [4.78, 5) is 0.161. The molecule has 0 aliphatic heterocycles. The Morgan fingerprint density at radius 3 is 2.56 bits per heavy atom. The first-order chi connectivity index (χ1) is 7.36. The molecule has 1 heterocycles. The van der Waals surface area contributed by atoms with E-state index in [9.17, 15) is 8.42 Å². The van der Waals surface area contributed by atoms with Gasteiger partial charge in [-0.3, -0.25) is 4.68 Å². The van der Waals surface area contributed by atoms with Crippen molar-refractivity contribution >= 4 is 10.0 Å². The van der Waals surface area contributed by atoms with Gasteiger partial charge in [0.15, 0.2) is 0 Å². The van der Waals surface area contributed by atoms with Crippen LogP contribution in [-0.2, 0) is 17.1 Å². The number of nitrogens with one attached hydrogen (secondary N) is 1. The van der Waals surface area contributed by atoms with Gasteiger partial charge in [-0.15, -0.1) is 0 Å². The lowest BCUT2D eigenvalue weighted by molar-refractivity contribution is 0.455. The van der Waals surface area contributed by atoms with Gasteiger partial charge in [-0.1, -0.05) is 13.8 Å². The molecule has 1 rings (SSSR count). The predicted molar refractivity (Wildman–Crippen MR) is 61.2 cm³/mol. The summed E-state index contributed by atoms with van der Waals surface area (Å²) in [5, 5.41) is 3.83. The Hall–Kier alpha value is -0.920. The highest BCUT2D eigenvalue weighted by Crippen LogP contribution is 2.09. The standard InChI is InChI=1S/C9H18N4O2S/c1-7(2)9(4-10)12-16(14,15)8-5-11-13(3)6-8/h5-7,9,12H,4,10H2,1-3H3. The summed E-state index contributed by atoms with van der Waals surface area (Å²) >= 11 is 0. The van der Waals surface area contributed by atoms with Crippen LogP contribution in [0.5, 0.6) is 0 Å². The largest absolute Gasteiger partial charge is 0.329 e. The van der Waals surface area contributed by atoms with Crippen LogP contribution in [0.25, 0.3) is 0 Å². The van der Waals surface area contributed by atoms with E-state index in [1.165, 1.54) is 17.1 Å². The zero-order valence-corrected chi connectivity index (χ0v) is 10.5. The molecule has 0 radical (unpaired) electrons. The lowest BCUT2D eigenvalue weighted by atomic mass is 10.1. The molecule has 3 N–H and O–H groups in total. The van der Waals surface area contributed by atoms with E-state index in [4.69, 9.17) is 5.73 Å². The van der Waals surface area contributed by atoms with Crippen LogP contribution in [0, 0.1) is 5.92 Å². The predicted octanol–water partition coefficient (Wildman–Crippen LogP) is -0.318. The summed E-state index contributed by atoms with van der Waals surface area (Å²) in [7, 11) is -1.84. The summed E-state index contributed by atoms with van der Waals surface area (Å²) in [5.41, 5.74) is 5.52. The molecule has 1 unspecified atom stereocenters. The molecule has 0 aliphatic carbocycles. The fourth-order valence-corrected chi connectivity index (χ4v) is 2.64. The number of aromatic nitrogens is 2. The molecule has 1 aromatic rings. The van der Waals surface area contributed by atoms with Gasteiger partial charge in [-0.05, 0) is 5.92 Å². The molecule has 1 atom stereocenters. The molecule has 0 saturated heterocycles. The van der Waals surface area contributed by atoms with Crippen molar-refractivity contribution in [3.63, 3.8) is 0 Å². The van der Waals surface area contributed by atoms with E-state index in [-0.39, 0.29) is 23.4 Å². The van der Waals surface area contributed by atoms with Crippen molar-refractivity contribution in [2.24, 2.45) is 18.7 Å². The quantitative estimate of drug-likeness (QED) is 0.745. The number of sulfonamides is 1. The first-order valence-corrected chi connectivity index (χ1v) is 6.56. The Labute approximate surface area is 95.9 Å². The number of aryl methyl sites for hydroxylation is 1. The molecule has 92 valence electrons. The van der Waals surface area contributed by atoms with Crippen LogP contribution in [0.4, 0.5) is 0 Å². The van der Waals surface area contributed by atoms with Crippen LogP contribution in [-0.4, -0.2) is 30.8 Å². The Morgan fingerprint density at radius 2 is 2.19 bits per heavy atom. The molecule has 0 fully saturated rings. The second-order valence-corrected chi connectivity index (χ2v) is 5.77. The second-order valence-electron chi connectivity index (χ2n) is 4.06. The van der Waals surface area contributed by atoms with Gasteiger partial charge in [0.2, 0.25) is 10.0 Å². The fraction of sp³-hybridized carbons (Fsp3) is 0.667. The molecule has 7 heteroatoms. The maximum absolute atomic E-state index is 11.9. The number of rotatable bonds is 5. The summed E-state index contributed by atoms with van der Waals surface area (Å²) < 4.78 is 27.8. The molecule has 0 aliphatic rings. The summed E-state index contributed by atoms with van der Waals surface area (Å²) in [6, 6.07) is -0.259. The van der Waals surface area contributed by atoms with Crippen LogP contribution in [0.15, 0.2) is 17.3 Å². The molecule has 0 amide bonds. The lowest BCUT2D eigenvalue weighted by Crippen LogP contribution is -2.43. The molecule has 0 saturated carbocycles. The molecule has 16 heavy (non-hydrogen) atoms. The maximum atomic E-state index is 11.9. The Kier molecular flexibility index (Phi) is 4.06. The van der Waals surface area contributed by atoms with Crippen molar-refractivity contribution in [2.45, 2.75) is 24.8 Å². The molecule has 0 spiro atoms. The average Bonchev–Trinajstić information content (AvgIpc) is 2.61. The van der Waals surface area contributed by atoms with Gasteiger partial charge in [0.05, 0.1) is 6.20 Å². The highest BCUT2D eigenvalue weighted by molar-refractivity contribution is 7.89. The zero-order valence-electron chi connectivity index (χ0n) is 9.71. The van der Waals surface area contributed by atoms with E-state index < -0.39 is 10.0 Å². The van der Waals surface area contributed by atoms with E-state index in [0.29, 0.717) is 0 Å². The Morgan fingerprint density at radius 1 is 1.56 bits per heavy atom. The fourth-order valence-electron chi connectivity index (χ4n) is 1.26. The van der Waals surface area contributed by atoms with Gasteiger partial charge in [0.25, 0.3) is 0 Å². The van der Waals surface area contributed by atoms with Gasteiger partial charge in [0.1, 0.15) is 4.90 Å². The molecular formula is C9H18N4O2S. The van der Waals surface area contributed by atoms with Gasteiger partial charge in [-0.2, -0.15) is 5.10 Å². The molecule has 0 aromatic carbocycles. The Bertz CT molecular complexity index is 438. The van der Waals surface area contributed by atoms with Crippen molar-refractivity contribution in [1.29, 1.82) is 0 Å². The van der Waals surface area contributed by atoms with E-state index in [1.54, 1.807) is 7.05 Å². The van der Waals surface area contributed by atoms with E-state index in [0.717, 1.165) is 0 Å². The van der Waals surface area contributed by atoms with Crippen molar-refractivity contribution in [3.8, 4) is 0 Å². The zero-order chi connectivity index (χ0) is 12.3. The smallest absolute Gasteiger partial charge is 0.243 e. The van der Waals surface area contributed by atoms with Crippen molar-refractivity contribution < 1.29 is 8.42 Å². The Balaban J connectivity index is 2.87. The monoisotopic (exact) mass is 246 g/mol. The van der Waals surface area contributed by atoms with Gasteiger partial charge in [0, 0.05) is 25.8 Å². The van der Waals surface area contributed by atoms with Crippen LogP contribution in [0.3, 0.4) is 0 Å². The van der Waals surface area contributed by atoms with Crippen LogP contribution in [0.2, 0.25) is 0 Å². The minimum absolute atomic E-state index is 0.149. The van der Waals surface area contributed by atoms with Gasteiger partial charge >= 0.3 is 0 Å². The molecular weight excluding hydrogens is 228 g/mol. The molecule has 1 aromatic heterocycles. The number of hydrogen-bond donors (Lipinski definition) is 2. The highest BCUT2D eigenvalue weighted by Gasteiger charge is 2.22. The third-order valence-electron chi connectivity index (χ3n) is 2.36. The van der Waals surface area contributed by atoms with E-state index >= 15 is 0 Å². The van der Waals surface area contributed by atoms with Crippen LogP contribution in [0.1, 0.15) is 13.8 Å². The summed E-state index contributed by atoms with van der Waals surface area (Å²) in [6.07, 6.45) is 2.77. The van der Waals surface area contributed by atoms with E-state index in [2.05, 4.69) is 9.82 Å². The highest BCUT2D eigenvalue weighted by atomic mass is 32.2. The first kappa shape index (κ1) is 13.1. The average molecular weight is 246 g/mol. The summed E-state index contributed by atoms with van der Waals surface area (Å²) in [5.74, 6) is 0.149. The number of nitrogens with two attached hydrogens (primary N) is 1. The maximum Gasteiger partial charge on any atom is 0.243 e. The topological polar surface area (TPSA) is 90.0 Å². The van der Waals surface area contributed by atoms with Crippen LogP contribution < -0.4 is 10.5 Å².